The fraction of sp³-hybridized carbons (Fsp3) is 0.636. The minimum absolute atomic E-state index is 0.0135. The third-order valence-electron chi connectivity index (χ3n) is 2.56. The van der Waals surface area contributed by atoms with Gasteiger partial charge in [0.25, 0.3) is 0 Å². The van der Waals surface area contributed by atoms with E-state index in [2.05, 4.69) is 10.4 Å². The molecular weight excluding hydrogens is 220 g/mol. The number of aliphatic hydroxyl groups is 1. The molecule has 0 aliphatic rings. The number of hydrogen-bond acceptors (Lipinski definition) is 4. The monoisotopic (exact) mass is 240 g/mol. The lowest BCUT2D eigenvalue weighted by Gasteiger charge is -2.21. The average molecular weight is 240 g/mol. The molecule has 6 nitrogen and oxygen atoms in total. The average Bonchev–Trinajstić information content (AvgIpc) is 2.63. The quantitative estimate of drug-likeness (QED) is 0.652. The summed E-state index contributed by atoms with van der Waals surface area (Å²) in [5.74, 6) is 0.558. The van der Waals surface area contributed by atoms with Crippen LogP contribution in [0.2, 0.25) is 0 Å². The van der Waals surface area contributed by atoms with Gasteiger partial charge in [-0.1, -0.05) is 13.8 Å². The molecule has 0 radical (unpaired) electrons. The molecular formula is C11H20N4O2. The second kappa shape index (κ2) is 6.24. The molecule has 0 aromatic carbocycles. The van der Waals surface area contributed by atoms with Crippen molar-refractivity contribution >= 4 is 11.7 Å². The van der Waals surface area contributed by atoms with Crippen LogP contribution in [0.1, 0.15) is 20.3 Å². The number of aliphatic hydroxyl groups excluding tert-OH is 1. The lowest BCUT2D eigenvalue weighted by Crippen LogP contribution is -2.40. The van der Waals surface area contributed by atoms with Crippen LogP contribution in [0.3, 0.4) is 0 Å². The fourth-order valence-corrected chi connectivity index (χ4v) is 1.58. The number of anilines is 1. The minimum Gasteiger partial charge on any atom is -0.396 e. The van der Waals surface area contributed by atoms with Crippen LogP contribution in [-0.2, 0) is 11.3 Å². The van der Waals surface area contributed by atoms with Gasteiger partial charge in [-0.15, -0.1) is 0 Å². The summed E-state index contributed by atoms with van der Waals surface area (Å²) in [5, 5.41) is 15.7. The van der Waals surface area contributed by atoms with Crippen LogP contribution < -0.4 is 11.1 Å². The van der Waals surface area contributed by atoms with Crippen molar-refractivity contribution in [2.45, 2.75) is 32.9 Å². The molecule has 1 amide bonds. The van der Waals surface area contributed by atoms with Crippen molar-refractivity contribution in [1.29, 1.82) is 0 Å². The molecule has 96 valence electrons. The maximum atomic E-state index is 11.7. The van der Waals surface area contributed by atoms with Crippen LogP contribution >= 0.6 is 0 Å². The van der Waals surface area contributed by atoms with Crippen molar-refractivity contribution in [2.75, 3.05) is 12.3 Å². The molecule has 0 spiro atoms. The van der Waals surface area contributed by atoms with Gasteiger partial charge in [-0.2, -0.15) is 5.10 Å². The molecule has 1 rings (SSSR count). The Morgan fingerprint density at radius 3 is 2.82 bits per heavy atom. The Morgan fingerprint density at radius 2 is 2.35 bits per heavy atom. The van der Waals surface area contributed by atoms with E-state index in [9.17, 15) is 4.79 Å². The SMILES string of the molecule is CC(C)C(CCO)NC(=O)Cn1ccc(N)n1. The van der Waals surface area contributed by atoms with Gasteiger partial charge in [0.15, 0.2) is 0 Å². The first-order valence-electron chi connectivity index (χ1n) is 5.72. The van der Waals surface area contributed by atoms with E-state index >= 15 is 0 Å². The molecule has 1 unspecified atom stereocenters. The van der Waals surface area contributed by atoms with E-state index < -0.39 is 0 Å². The minimum atomic E-state index is -0.125. The lowest BCUT2D eigenvalue weighted by atomic mass is 10.0. The van der Waals surface area contributed by atoms with Crippen molar-refractivity contribution in [2.24, 2.45) is 5.92 Å². The topological polar surface area (TPSA) is 93.2 Å². The molecule has 6 heteroatoms. The van der Waals surface area contributed by atoms with E-state index in [1.807, 2.05) is 13.8 Å². The molecule has 0 aliphatic heterocycles. The maximum absolute atomic E-state index is 11.7. The van der Waals surface area contributed by atoms with Crippen molar-refractivity contribution < 1.29 is 9.90 Å². The van der Waals surface area contributed by atoms with E-state index in [4.69, 9.17) is 10.8 Å². The number of carbonyl (C=O) groups is 1. The van der Waals surface area contributed by atoms with Crippen molar-refractivity contribution in [3.63, 3.8) is 0 Å². The Labute approximate surface area is 101 Å². The number of nitrogens with one attached hydrogen (secondary N) is 1. The van der Waals surface area contributed by atoms with Gasteiger partial charge in [0, 0.05) is 18.8 Å². The van der Waals surface area contributed by atoms with E-state index in [-0.39, 0.29) is 31.0 Å². The summed E-state index contributed by atoms with van der Waals surface area (Å²) < 4.78 is 1.49. The Hall–Kier alpha value is -1.56. The highest BCUT2D eigenvalue weighted by Crippen LogP contribution is 2.05. The van der Waals surface area contributed by atoms with Gasteiger partial charge in [0.1, 0.15) is 12.4 Å². The summed E-state index contributed by atoms with van der Waals surface area (Å²) >= 11 is 0. The normalized spacial score (nSPS) is 12.7. The Balaban J connectivity index is 2.47. The number of amides is 1. The van der Waals surface area contributed by atoms with Gasteiger partial charge in [0.05, 0.1) is 0 Å². The largest absolute Gasteiger partial charge is 0.396 e. The fourth-order valence-electron chi connectivity index (χ4n) is 1.58. The highest BCUT2D eigenvalue weighted by atomic mass is 16.3. The highest BCUT2D eigenvalue weighted by Gasteiger charge is 2.15. The Morgan fingerprint density at radius 1 is 1.65 bits per heavy atom. The molecule has 0 bridgehead atoms. The van der Waals surface area contributed by atoms with Gasteiger partial charge in [-0.25, -0.2) is 0 Å². The lowest BCUT2D eigenvalue weighted by molar-refractivity contribution is -0.123. The summed E-state index contributed by atoms with van der Waals surface area (Å²) in [4.78, 5) is 11.7. The molecule has 1 heterocycles. The molecule has 1 aromatic heterocycles. The summed E-state index contributed by atoms with van der Waals surface area (Å²) in [6.07, 6.45) is 2.22. The molecule has 4 N–H and O–H groups in total. The van der Waals surface area contributed by atoms with E-state index in [1.165, 1.54) is 4.68 Å². The zero-order chi connectivity index (χ0) is 12.8. The van der Waals surface area contributed by atoms with Crippen LogP contribution in [-0.4, -0.2) is 33.4 Å². The number of nitrogens with two attached hydrogens (primary N) is 1. The molecule has 0 saturated carbocycles. The van der Waals surface area contributed by atoms with Crippen LogP contribution in [0.5, 0.6) is 0 Å². The Bertz CT molecular complexity index is 362. The molecule has 1 aromatic rings. The molecule has 0 fully saturated rings. The van der Waals surface area contributed by atoms with Crippen LogP contribution in [0.25, 0.3) is 0 Å². The first kappa shape index (κ1) is 13.5. The molecule has 17 heavy (non-hydrogen) atoms. The zero-order valence-corrected chi connectivity index (χ0v) is 10.3. The third-order valence-corrected chi connectivity index (χ3v) is 2.56. The van der Waals surface area contributed by atoms with Gasteiger partial charge < -0.3 is 16.2 Å². The van der Waals surface area contributed by atoms with Gasteiger partial charge >= 0.3 is 0 Å². The van der Waals surface area contributed by atoms with E-state index in [1.54, 1.807) is 12.3 Å². The van der Waals surface area contributed by atoms with Crippen molar-refractivity contribution in [1.82, 2.24) is 15.1 Å². The second-order valence-corrected chi connectivity index (χ2v) is 4.37. The number of nitrogens with zero attached hydrogens (tertiary/aromatic N) is 2. The number of nitrogen functional groups attached to an aromatic ring is 1. The summed E-state index contributed by atoms with van der Waals surface area (Å²) in [6.45, 7) is 4.22. The van der Waals surface area contributed by atoms with E-state index in [0.29, 0.717) is 12.2 Å². The van der Waals surface area contributed by atoms with Crippen molar-refractivity contribution in [3.05, 3.63) is 12.3 Å². The maximum Gasteiger partial charge on any atom is 0.241 e. The molecule has 0 aliphatic carbocycles. The van der Waals surface area contributed by atoms with Crippen LogP contribution in [0.15, 0.2) is 12.3 Å². The summed E-state index contributed by atoms with van der Waals surface area (Å²) in [5.41, 5.74) is 5.45. The van der Waals surface area contributed by atoms with Gasteiger partial charge in [0.2, 0.25) is 5.91 Å². The summed E-state index contributed by atoms with van der Waals surface area (Å²) in [6, 6.07) is 1.63. The number of aromatic nitrogens is 2. The standard InChI is InChI=1S/C11H20N4O2/c1-8(2)9(4-6-16)13-11(17)7-15-5-3-10(12)14-15/h3,5,8-9,16H,4,6-7H2,1-2H3,(H2,12,14)(H,13,17). The van der Waals surface area contributed by atoms with Gasteiger partial charge in [-0.05, 0) is 18.4 Å². The Kier molecular flexibility index (Phi) is 4.96. The van der Waals surface area contributed by atoms with Crippen molar-refractivity contribution in [3.8, 4) is 0 Å². The van der Waals surface area contributed by atoms with E-state index in [0.717, 1.165) is 0 Å². The third kappa shape index (κ3) is 4.44. The predicted octanol–water partition coefficient (Wildman–Crippen LogP) is -0.0115. The first-order chi connectivity index (χ1) is 8.02. The highest BCUT2D eigenvalue weighted by molar-refractivity contribution is 5.76. The smallest absolute Gasteiger partial charge is 0.241 e. The predicted molar refractivity (Wildman–Crippen MR) is 65.1 cm³/mol. The van der Waals surface area contributed by atoms with Crippen LogP contribution in [0.4, 0.5) is 5.82 Å². The van der Waals surface area contributed by atoms with Gasteiger partial charge in [-0.3, -0.25) is 9.48 Å². The number of hydrogen-bond donors (Lipinski definition) is 3. The molecule has 1 atom stereocenters. The summed E-state index contributed by atoms with van der Waals surface area (Å²) in [7, 11) is 0. The zero-order valence-electron chi connectivity index (χ0n) is 10.3. The number of carbonyl (C=O) groups excluding carboxylic acids is 1. The molecule has 0 saturated heterocycles. The first-order valence-corrected chi connectivity index (χ1v) is 5.72. The number of rotatable bonds is 6. The van der Waals surface area contributed by atoms with Crippen LogP contribution in [0, 0.1) is 5.92 Å². The second-order valence-electron chi connectivity index (χ2n) is 4.37.